The number of phosphoric acid groups is 2. The predicted octanol–water partition coefficient (Wildman–Crippen LogP) is 25.9. The van der Waals surface area contributed by atoms with Crippen molar-refractivity contribution < 1.29 is 80.2 Å². The maximum Gasteiger partial charge on any atom is 0.472 e. The third-order valence-corrected chi connectivity index (χ3v) is 19.2. The third kappa shape index (κ3) is 82.2. The molecule has 0 aliphatic heterocycles. The highest BCUT2D eigenvalue weighted by atomic mass is 31.2. The van der Waals surface area contributed by atoms with Crippen LogP contribution in [0.2, 0.25) is 0 Å². The number of esters is 4. The SMILES string of the molecule is CC/C=C\C/C=C\C/C=C\C/C=C\C/C=C\CCCCCC(=O)OCC(COP(=O)(O)OCC(O)COP(=O)(O)OCC(COC(=O)CCCCCCCC/C=C\C/C=C\C/C=C\CCCCC)OC(=O)CCCCCC/C=C\C/C=C\C/C=C\C/C=C\CC)OC(=O)CCCCCCCCC/C=C\C/C=C\C/C=C\CC. The van der Waals surface area contributed by atoms with E-state index in [1.165, 1.54) is 19.3 Å². The summed E-state index contributed by atoms with van der Waals surface area (Å²) in [5, 5.41) is 10.7. The van der Waals surface area contributed by atoms with Gasteiger partial charge in [0.15, 0.2) is 12.2 Å². The normalized spacial score (nSPS) is 14.7. The molecule has 5 unspecified atom stereocenters. The van der Waals surface area contributed by atoms with E-state index in [0.29, 0.717) is 25.7 Å². The quantitative estimate of drug-likeness (QED) is 0.0169. The van der Waals surface area contributed by atoms with Crippen molar-refractivity contribution in [3.8, 4) is 0 Å². The van der Waals surface area contributed by atoms with Crippen molar-refractivity contribution in [2.75, 3.05) is 39.6 Å². The second-order valence-electron chi connectivity index (χ2n) is 28.0. The number of carbonyl (C=O) groups excluding carboxylic acids is 4. The number of aliphatic hydroxyl groups excluding tert-OH is 1. The van der Waals surface area contributed by atoms with Crippen LogP contribution in [-0.2, 0) is 65.4 Å². The van der Waals surface area contributed by atoms with Gasteiger partial charge < -0.3 is 33.8 Å². The van der Waals surface area contributed by atoms with Crippen LogP contribution in [0.1, 0.15) is 323 Å². The van der Waals surface area contributed by atoms with Crippen molar-refractivity contribution in [1.82, 2.24) is 0 Å². The summed E-state index contributed by atoms with van der Waals surface area (Å²) in [5.41, 5.74) is 0. The molecule has 0 aromatic heterocycles. The molecule has 0 aromatic rings. The highest BCUT2D eigenvalue weighted by Crippen LogP contribution is 2.45. The summed E-state index contributed by atoms with van der Waals surface area (Å²) in [6.45, 7) is 4.43. The second kappa shape index (κ2) is 83.1. The first-order valence-electron chi connectivity index (χ1n) is 43.0. The summed E-state index contributed by atoms with van der Waals surface area (Å²) < 4.78 is 68.8. The summed E-state index contributed by atoms with van der Waals surface area (Å²) in [6.07, 6.45) is 101. The van der Waals surface area contributed by atoms with Gasteiger partial charge in [-0.2, -0.15) is 0 Å². The van der Waals surface area contributed by atoms with E-state index in [1.807, 2.05) is 0 Å². The highest BCUT2D eigenvalue weighted by Gasteiger charge is 2.30. The van der Waals surface area contributed by atoms with Crippen molar-refractivity contribution in [2.24, 2.45) is 0 Å². The molecule has 0 spiro atoms. The Hall–Kier alpha value is -5.84. The third-order valence-electron chi connectivity index (χ3n) is 17.3. The molecule has 112 heavy (non-hydrogen) atoms. The van der Waals surface area contributed by atoms with E-state index < -0.39 is 97.5 Å². The lowest BCUT2D eigenvalue weighted by Gasteiger charge is -2.21. The van der Waals surface area contributed by atoms with E-state index in [2.05, 4.69) is 210 Å². The van der Waals surface area contributed by atoms with Crippen LogP contribution in [0.3, 0.4) is 0 Å². The average molecular weight is 1600 g/mol. The Kier molecular flexibility index (Phi) is 78.8. The molecule has 5 atom stereocenters. The van der Waals surface area contributed by atoms with Gasteiger partial charge >= 0.3 is 39.5 Å². The minimum absolute atomic E-state index is 0.0570. The maximum absolute atomic E-state index is 13.2. The predicted molar refractivity (Wildman–Crippen MR) is 463 cm³/mol. The minimum Gasteiger partial charge on any atom is -0.462 e. The Morgan fingerprint density at radius 3 is 0.723 bits per heavy atom. The zero-order valence-corrected chi connectivity index (χ0v) is 71.6. The van der Waals surface area contributed by atoms with Crippen molar-refractivity contribution in [3.05, 3.63) is 182 Å². The molecule has 0 amide bonds. The standard InChI is InChI=1S/C93H152O17P2/c1-5-9-13-17-21-25-29-33-37-41-43-47-49-53-57-61-65-69-73-77-90(95)103-83-88(109-92(97)79-75-71-67-63-59-55-51-45-39-35-31-27-23-19-15-11-7-3)85-107-111(99,100)105-81-87(94)82-106-112(101,102)108-86-89(110-93(98)80-76-72-68-64-60-56-52-46-40-36-32-28-24-20-16-12-8-4)84-104-91(96)78-74-70-66-62-58-54-50-48-44-42-38-34-30-26-22-18-14-10-6-2/h9,11-13,15-16,21-28,33-40,43-44,47-48,52-53,56-57,87-89,94H,5-8,10,14,17-20,29-32,41-42,45-46,49-51,54-55,58-86H2,1-4H3,(H,99,100)(H,101,102)/b13-9-,15-11-,16-12-,25-21-,26-22-,27-23-,28-24-,37-33-,38-34-,39-35-,40-36-,47-43-,48-44-,56-52-,57-53-. The van der Waals surface area contributed by atoms with E-state index in [1.54, 1.807) is 0 Å². The Labute approximate surface area is 679 Å². The summed E-state index contributed by atoms with van der Waals surface area (Å²) >= 11 is 0. The van der Waals surface area contributed by atoms with Gasteiger partial charge in [-0.1, -0.05) is 300 Å². The number of rotatable bonds is 79. The van der Waals surface area contributed by atoms with Crippen molar-refractivity contribution in [3.63, 3.8) is 0 Å². The summed E-state index contributed by atoms with van der Waals surface area (Å²) in [7, 11) is -10.0. The van der Waals surface area contributed by atoms with Crippen molar-refractivity contribution in [2.45, 2.75) is 341 Å². The number of hydrogen-bond donors (Lipinski definition) is 3. The number of ether oxygens (including phenoxy) is 4. The molecule has 0 saturated heterocycles. The van der Waals surface area contributed by atoms with Gasteiger partial charge in [-0.05, 0) is 180 Å². The molecule has 0 aliphatic carbocycles. The van der Waals surface area contributed by atoms with Gasteiger partial charge in [0, 0.05) is 25.7 Å². The summed E-state index contributed by atoms with van der Waals surface area (Å²) in [5.74, 6) is -2.27. The van der Waals surface area contributed by atoms with E-state index in [4.69, 9.17) is 37.0 Å². The first-order chi connectivity index (χ1) is 54.7. The van der Waals surface area contributed by atoms with Crippen molar-refractivity contribution >= 4 is 39.5 Å². The molecule has 0 aliphatic rings. The zero-order valence-electron chi connectivity index (χ0n) is 69.8. The second-order valence-corrected chi connectivity index (χ2v) is 30.9. The van der Waals surface area contributed by atoms with Gasteiger partial charge in [-0.15, -0.1) is 0 Å². The number of carbonyl (C=O) groups is 4. The minimum atomic E-state index is -5.01. The smallest absolute Gasteiger partial charge is 0.462 e. The van der Waals surface area contributed by atoms with E-state index >= 15 is 0 Å². The summed E-state index contributed by atoms with van der Waals surface area (Å²) in [4.78, 5) is 73.3. The van der Waals surface area contributed by atoms with Crippen LogP contribution in [0.5, 0.6) is 0 Å². The van der Waals surface area contributed by atoms with Gasteiger partial charge in [-0.3, -0.25) is 37.3 Å². The molecular formula is C93H152O17P2. The molecule has 0 radical (unpaired) electrons. The molecule has 0 aromatic carbocycles. The Morgan fingerprint density at radius 2 is 0.464 bits per heavy atom. The number of hydrogen-bond acceptors (Lipinski definition) is 15. The van der Waals surface area contributed by atoms with Gasteiger partial charge in [0.25, 0.3) is 0 Å². The lowest BCUT2D eigenvalue weighted by Crippen LogP contribution is -2.30. The van der Waals surface area contributed by atoms with Crippen LogP contribution in [0.25, 0.3) is 0 Å². The number of allylic oxidation sites excluding steroid dienone is 30. The van der Waals surface area contributed by atoms with Gasteiger partial charge in [0.1, 0.15) is 19.3 Å². The number of unbranched alkanes of at least 4 members (excludes halogenated alkanes) is 23. The molecule has 3 N–H and O–H groups in total. The van der Waals surface area contributed by atoms with Crippen LogP contribution in [-0.4, -0.2) is 96.7 Å². The van der Waals surface area contributed by atoms with E-state index in [-0.39, 0.29) is 25.7 Å². The fraction of sp³-hybridized carbons (Fsp3) is 0.634. The first-order valence-corrected chi connectivity index (χ1v) is 46.0. The molecule has 636 valence electrons. The molecule has 0 bridgehead atoms. The average Bonchev–Trinajstić information content (AvgIpc) is 0.895. The molecule has 0 saturated carbocycles. The van der Waals surface area contributed by atoms with Crippen LogP contribution < -0.4 is 0 Å². The Morgan fingerprint density at radius 1 is 0.259 bits per heavy atom. The van der Waals surface area contributed by atoms with Crippen LogP contribution in [0.15, 0.2) is 182 Å². The lowest BCUT2D eigenvalue weighted by molar-refractivity contribution is -0.161. The Bertz CT molecular complexity index is 2830. The van der Waals surface area contributed by atoms with E-state index in [0.717, 1.165) is 225 Å². The number of aliphatic hydroxyl groups is 1. The van der Waals surface area contributed by atoms with Crippen molar-refractivity contribution in [1.29, 1.82) is 0 Å². The van der Waals surface area contributed by atoms with Gasteiger partial charge in [0.2, 0.25) is 0 Å². The van der Waals surface area contributed by atoms with Crippen LogP contribution >= 0.6 is 15.6 Å². The monoisotopic (exact) mass is 1600 g/mol. The number of phosphoric ester groups is 2. The molecule has 19 heteroatoms. The topological polar surface area (TPSA) is 237 Å². The van der Waals surface area contributed by atoms with Gasteiger partial charge in [0.05, 0.1) is 26.4 Å². The van der Waals surface area contributed by atoms with E-state index in [9.17, 15) is 43.2 Å². The van der Waals surface area contributed by atoms with Gasteiger partial charge in [-0.25, -0.2) is 9.13 Å². The zero-order chi connectivity index (χ0) is 81.7. The Balaban J connectivity index is 5.48. The van der Waals surface area contributed by atoms with Crippen LogP contribution in [0.4, 0.5) is 0 Å². The maximum atomic E-state index is 13.2. The molecule has 0 fully saturated rings. The fourth-order valence-corrected chi connectivity index (χ4v) is 12.5. The summed E-state index contributed by atoms with van der Waals surface area (Å²) in [6, 6.07) is 0. The fourth-order valence-electron chi connectivity index (χ4n) is 10.9. The first kappa shape index (κ1) is 106. The van der Waals surface area contributed by atoms with Crippen LogP contribution in [0, 0.1) is 0 Å². The highest BCUT2D eigenvalue weighted by molar-refractivity contribution is 7.47. The molecular weight excluding hydrogens is 1450 g/mol. The lowest BCUT2D eigenvalue weighted by atomic mass is 10.1. The molecule has 0 heterocycles. The molecule has 17 nitrogen and oxygen atoms in total. The molecule has 0 rings (SSSR count). The largest absolute Gasteiger partial charge is 0.472 e.